The number of ether oxygens (including phenoxy) is 2. The Kier molecular flexibility index (Phi) is 3.90. The van der Waals surface area contributed by atoms with Crippen LogP contribution in [0.3, 0.4) is 0 Å². The maximum Gasteiger partial charge on any atom is 0.231 e. The van der Waals surface area contributed by atoms with Crippen molar-refractivity contribution < 1.29 is 14.6 Å². The van der Waals surface area contributed by atoms with Crippen LogP contribution in [-0.4, -0.2) is 11.9 Å². The van der Waals surface area contributed by atoms with Crippen LogP contribution in [0.15, 0.2) is 36.4 Å². The van der Waals surface area contributed by atoms with Crippen molar-refractivity contribution in [2.24, 2.45) is 0 Å². The van der Waals surface area contributed by atoms with Crippen molar-refractivity contribution in [2.75, 3.05) is 6.79 Å². The van der Waals surface area contributed by atoms with E-state index in [1.807, 2.05) is 31.2 Å². The number of hydrogen-bond donors (Lipinski definition) is 2. The summed E-state index contributed by atoms with van der Waals surface area (Å²) in [5.74, 6) is 1.43. The van der Waals surface area contributed by atoms with E-state index in [-0.39, 0.29) is 18.6 Å². The average Bonchev–Trinajstić information content (AvgIpc) is 2.92. The van der Waals surface area contributed by atoms with Gasteiger partial charge in [-0.25, -0.2) is 0 Å². The molecule has 1 aliphatic heterocycles. The molecule has 0 amide bonds. The third kappa shape index (κ3) is 2.91. The molecule has 2 N–H and O–H groups in total. The summed E-state index contributed by atoms with van der Waals surface area (Å²) in [6.45, 7) is 2.74. The zero-order valence-corrected chi connectivity index (χ0v) is 12.4. The summed E-state index contributed by atoms with van der Waals surface area (Å²) < 4.78 is 10.5. The normalized spacial score (nSPS) is 14.2. The molecule has 0 radical (unpaired) electrons. The van der Waals surface area contributed by atoms with Gasteiger partial charge in [0.15, 0.2) is 11.5 Å². The predicted octanol–water partition coefficient (Wildman–Crippen LogP) is 3.63. The highest BCUT2D eigenvalue weighted by Gasteiger charge is 2.17. The van der Waals surface area contributed by atoms with Gasteiger partial charge in [0.2, 0.25) is 6.79 Å². The average molecular weight is 306 g/mol. The Morgan fingerprint density at radius 1 is 1.24 bits per heavy atom. The standard InChI is InChI=1S/C16H16ClNO3/c1-10(12-4-2-3-5-13(12)17)18-8-11-6-15-16(7-14(11)19)21-9-20-15/h2-7,10,18-19H,8-9H2,1H3. The van der Waals surface area contributed by atoms with Crippen molar-refractivity contribution in [1.82, 2.24) is 5.32 Å². The van der Waals surface area contributed by atoms with Crippen molar-refractivity contribution >= 4 is 11.6 Å². The van der Waals surface area contributed by atoms with Gasteiger partial charge in [0.1, 0.15) is 5.75 Å². The third-order valence-corrected chi connectivity index (χ3v) is 3.89. The quantitative estimate of drug-likeness (QED) is 0.906. The number of hydrogen-bond acceptors (Lipinski definition) is 4. The maximum atomic E-state index is 10.0. The fourth-order valence-electron chi connectivity index (χ4n) is 2.31. The van der Waals surface area contributed by atoms with Crippen LogP contribution in [-0.2, 0) is 6.54 Å². The fraction of sp³-hybridized carbons (Fsp3) is 0.250. The van der Waals surface area contributed by atoms with Gasteiger partial charge in [-0.05, 0) is 24.6 Å². The molecule has 0 spiro atoms. The number of phenolic OH excluding ortho intramolecular Hbond substituents is 1. The van der Waals surface area contributed by atoms with Gasteiger partial charge >= 0.3 is 0 Å². The molecule has 1 aliphatic rings. The fourth-order valence-corrected chi connectivity index (χ4v) is 2.61. The zero-order chi connectivity index (χ0) is 14.8. The summed E-state index contributed by atoms with van der Waals surface area (Å²) in [5.41, 5.74) is 1.79. The van der Waals surface area contributed by atoms with Gasteiger partial charge in [-0.2, -0.15) is 0 Å². The van der Waals surface area contributed by atoms with Crippen LogP contribution in [0.2, 0.25) is 5.02 Å². The zero-order valence-electron chi connectivity index (χ0n) is 11.6. The molecule has 0 bridgehead atoms. The van der Waals surface area contributed by atoms with Crippen molar-refractivity contribution in [2.45, 2.75) is 19.5 Å². The second-order valence-electron chi connectivity index (χ2n) is 4.96. The van der Waals surface area contributed by atoms with E-state index in [1.165, 1.54) is 0 Å². The molecule has 1 heterocycles. The molecule has 1 atom stereocenters. The SMILES string of the molecule is CC(NCc1cc2c(cc1O)OCO2)c1ccccc1Cl. The number of phenols is 1. The highest BCUT2D eigenvalue weighted by Crippen LogP contribution is 2.37. The van der Waals surface area contributed by atoms with E-state index in [4.69, 9.17) is 21.1 Å². The van der Waals surface area contributed by atoms with Gasteiger partial charge < -0.3 is 19.9 Å². The lowest BCUT2D eigenvalue weighted by atomic mass is 10.1. The number of benzene rings is 2. The summed E-state index contributed by atoms with van der Waals surface area (Å²) in [7, 11) is 0. The second-order valence-corrected chi connectivity index (χ2v) is 5.37. The minimum atomic E-state index is 0.0727. The third-order valence-electron chi connectivity index (χ3n) is 3.54. The van der Waals surface area contributed by atoms with Gasteiger partial charge in [-0.3, -0.25) is 0 Å². The molecule has 2 aromatic carbocycles. The monoisotopic (exact) mass is 305 g/mol. The van der Waals surface area contributed by atoms with Gasteiger partial charge in [0.25, 0.3) is 0 Å². The molecular formula is C16H16ClNO3. The predicted molar refractivity (Wildman–Crippen MR) is 80.9 cm³/mol. The van der Waals surface area contributed by atoms with Crippen LogP contribution in [0.25, 0.3) is 0 Å². The molecule has 0 aromatic heterocycles. The second kappa shape index (κ2) is 5.84. The number of nitrogens with one attached hydrogen (secondary N) is 1. The van der Waals surface area contributed by atoms with E-state index >= 15 is 0 Å². The van der Waals surface area contributed by atoms with E-state index in [1.54, 1.807) is 12.1 Å². The molecule has 0 saturated carbocycles. The van der Waals surface area contributed by atoms with Gasteiger partial charge in [0, 0.05) is 29.2 Å². The molecule has 0 saturated heterocycles. The Morgan fingerprint density at radius 3 is 2.71 bits per heavy atom. The lowest BCUT2D eigenvalue weighted by molar-refractivity contribution is 0.174. The Balaban J connectivity index is 1.72. The molecule has 21 heavy (non-hydrogen) atoms. The summed E-state index contributed by atoms with van der Waals surface area (Å²) in [4.78, 5) is 0. The van der Waals surface area contributed by atoms with Crippen LogP contribution >= 0.6 is 11.6 Å². The first kappa shape index (κ1) is 14.0. The molecule has 5 heteroatoms. The first-order valence-electron chi connectivity index (χ1n) is 6.74. The smallest absolute Gasteiger partial charge is 0.231 e. The Bertz CT molecular complexity index is 660. The number of rotatable bonds is 4. The number of aromatic hydroxyl groups is 1. The highest BCUT2D eigenvalue weighted by atomic mass is 35.5. The molecule has 0 fully saturated rings. The van der Waals surface area contributed by atoms with Crippen molar-refractivity contribution in [3.05, 3.63) is 52.5 Å². The maximum absolute atomic E-state index is 10.0. The van der Waals surface area contributed by atoms with Crippen LogP contribution in [0, 0.1) is 0 Å². The van der Waals surface area contributed by atoms with Crippen LogP contribution in [0.4, 0.5) is 0 Å². The minimum absolute atomic E-state index is 0.0727. The van der Waals surface area contributed by atoms with E-state index in [2.05, 4.69) is 5.32 Å². The Labute approximate surface area is 128 Å². The Hall–Kier alpha value is -1.91. The number of fused-ring (bicyclic) bond motifs is 1. The topological polar surface area (TPSA) is 50.7 Å². The van der Waals surface area contributed by atoms with E-state index in [0.29, 0.717) is 18.0 Å². The first-order valence-corrected chi connectivity index (χ1v) is 7.12. The highest BCUT2D eigenvalue weighted by molar-refractivity contribution is 6.31. The lowest BCUT2D eigenvalue weighted by Crippen LogP contribution is -2.18. The van der Waals surface area contributed by atoms with Crippen LogP contribution < -0.4 is 14.8 Å². The summed E-state index contributed by atoms with van der Waals surface area (Å²) >= 11 is 6.18. The van der Waals surface area contributed by atoms with Gasteiger partial charge in [-0.1, -0.05) is 29.8 Å². The molecular weight excluding hydrogens is 290 g/mol. The molecule has 4 nitrogen and oxygen atoms in total. The summed E-state index contributed by atoms with van der Waals surface area (Å²) in [6, 6.07) is 11.2. The van der Waals surface area contributed by atoms with E-state index in [9.17, 15) is 5.11 Å². The van der Waals surface area contributed by atoms with Crippen molar-refractivity contribution in [1.29, 1.82) is 0 Å². The minimum Gasteiger partial charge on any atom is -0.507 e. The van der Waals surface area contributed by atoms with Crippen molar-refractivity contribution in [3.63, 3.8) is 0 Å². The van der Waals surface area contributed by atoms with Crippen LogP contribution in [0.1, 0.15) is 24.1 Å². The molecule has 0 aliphatic carbocycles. The Morgan fingerprint density at radius 2 is 1.95 bits per heavy atom. The summed E-state index contributed by atoms with van der Waals surface area (Å²) in [5, 5.41) is 14.1. The van der Waals surface area contributed by atoms with Crippen molar-refractivity contribution in [3.8, 4) is 17.2 Å². The summed E-state index contributed by atoms with van der Waals surface area (Å²) in [6.07, 6.45) is 0. The van der Waals surface area contributed by atoms with E-state index in [0.717, 1.165) is 16.1 Å². The molecule has 110 valence electrons. The number of halogens is 1. The van der Waals surface area contributed by atoms with E-state index < -0.39 is 0 Å². The largest absolute Gasteiger partial charge is 0.507 e. The molecule has 1 unspecified atom stereocenters. The lowest BCUT2D eigenvalue weighted by Gasteiger charge is -2.16. The van der Waals surface area contributed by atoms with Crippen LogP contribution in [0.5, 0.6) is 17.2 Å². The van der Waals surface area contributed by atoms with Gasteiger partial charge in [-0.15, -0.1) is 0 Å². The molecule has 2 aromatic rings. The molecule has 3 rings (SSSR count). The first-order chi connectivity index (χ1) is 10.1. The van der Waals surface area contributed by atoms with Gasteiger partial charge in [0.05, 0.1) is 0 Å².